The molecule has 4 aliphatic carbocycles. The number of hydrogen-bond acceptors (Lipinski definition) is 0. The van der Waals surface area contributed by atoms with Gasteiger partial charge in [-0.1, -0.05) is 121 Å². The van der Waals surface area contributed by atoms with Gasteiger partial charge in [-0.2, -0.15) is 0 Å². The van der Waals surface area contributed by atoms with Crippen molar-refractivity contribution in [3.63, 3.8) is 0 Å². The van der Waals surface area contributed by atoms with Crippen LogP contribution >= 0.6 is 0 Å². The van der Waals surface area contributed by atoms with Crippen LogP contribution in [0.15, 0.2) is 0 Å². The highest BCUT2D eigenvalue weighted by Crippen LogP contribution is 2.60. The Morgan fingerprint density at radius 1 is 0.784 bits per heavy atom. The van der Waals surface area contributed by atoms with E-state index in [1.807, 2.05) is 0 Å². The van der Waals surface area contributed by atoms with E-state index in [9.17, 15) is 0 Å². The van der Waals surface area contributed by atoms with Crippen LogP contribution in [0.5, 0.6) is 0 Å². The van der Waals surface area contributed by atoms with Crippen molar-refractivity contribution < 1.29 is 0 Å². The molecule has 4 saturated carbocycles. The SMILES string of the molecule is CCC(CC)CC(CC)C(C)(C)C(C)C(C)C1(C)CCC2CC(CC)C(C(CC)C1)C1CCCCCC21. The highest BCUT2D eigenvalue weighted by Gasteiger charge is 2.51. The van der Waals surface area contributed by atoms with Gasteiger partial charge in [-0.05, 0) is 115 Å². The molecule has 0 nitrogen and oxygen atoms in total. The van der Waals surface area contributed by atoms with Crippen LogP contribution in [-0.2, 0) is 0 Å². The average molecular weight is 515 g/mol. The zero-order valence-electron chi connectivity index (χ0n) is 27.4. The van der Waals surface area contributed by atoms with E-state index < -0.39 is 0 Å². The molecule has 37 heavy (non-hydrogen) atoms. The van der Waals surface area contributed by atoms with Crippen molar-refractivity contribution in [3.05, 3.63) is 0 Å². The van der Waals surface area contributed by atoms with Crippen molar-refractivity contribution in [1.82, 2.24) is 0 Å². The molecule has 0 radical (unpaired) electrons. The van der Waals surface area contributed by atoms with Gasteiger partial charge < -0.3 is 0 Å². The van der Waals surface area contributed by atoms with Gasteiger partial charge in [0.25, 0.3) is 0 Å². The van der Waals surface area contributed by atoms with Gasteiger partial charge in [0.1, 0.15) is 0 Å². The summed E-state index contributed by atoms with van der Waals surface area (Å²) in [6.45, 7) is 25.9. The fourth-order valence-corrected chi connectivity index (χ4v) is 10.8. The Kier molecular flexibility index (Phi) is 11.6. The van der Waals surface area contributed by atoms with Crippen LogP contribution in [0.1, 0.15) is 166 Å². The second-order valence-corrected chi connectivity index (χ2v) is 15.7. The molecular weight excluding hydrogens is 444 g/mol. The maximum Gasteiger partial charge on any atom is -0.0295 e. The van der Waals surface area contributed by atoms with E-state index in [4.69, 9.17) is 0 Å². The van der Waals surface area contributed by atoms with Crippen LogP contribution in [0, 0.1) is 70.0 Å². The Morgan fingerprint density at radius 2 is 1.41 bits per heavy atom. The molecule has 10 atom stereocenters. The monoisotopic (exact) mass is 515 g/mol. The maximum absolute atomic E-state index is 2.77. The minimum absolute atomic E-state index is 0.413. The van der Waals surface area contributed by atoms with Gasteiger partial charge in [0.15, 0.2) is 0 Å². The maximum atomic E-state index is 2.77. The summed E-state index contributed by atoms with van der Waals surface area (Å²) in [5.41, 5.74) is 0.907. The van der Waals surface area contributed by atoms with Gasteiger partial charge in [-0.15, -0.1) is 0 Å². The third kappa shape index (κ3) is 6.67. The standard InChI is InChI=1S/C37H70/c1-11-28(12-2)23-32(15-5)36(8,9)26(6)27(7)37(10)22-21-31-24-29(13-3)35(30(14-4)25-37)34-20-18-16-17-19-33(31)34/h26-35H,11-25H2,1-10H3. The molecule has 0 heteroatoms. The van der Waals surface area contributed by atoms with Crippen LogP contribution in [0.25, 0.3) is 0 Å². The summed E-state index contributed by atoms with van der Waals surface area (Å²) in [6, 6.07) is 0. The molecule has 0 aromatic carbocycles. The first-order valence-electron chi connectivity index (χ1n) is 17.6. The van der Waals surface area contributed by atoms with E-state index >= 15 is 0 Å². The Hall–Kier alpha value is 0. The zero-order valence-corrected chi connectivity index (χ0v) is 27.4. The van der Waals surface area contributed by atoms with Crippen LogP contribution in [-0.4, -0.2) is 0 Å². The third-order valence-electron chi connectivity index (χ3n) is 14.1. The molecular formula is C37H70. The lowest BCUT2D eigenvalue weighted by Crippen LogP contribution is -2.44. The Bertz CT molecular complexity index is 657. The van der Waals surface area contributed by atoms with E-state index in [-0.39, 0.29) is 0 Å². The summed E-state index contributed by atoms with van der Waals surface area (Å²) < 4.78 is 0. The molecule has 0 saturated heterocycles. The fraction of sp³-hybridized carbons (Fsp3) is 1.00. The van der Waals surface area contributed by atoms with E-state index in [1.165, 1.54) is 77.0 Å². The number of hydrogen-bond donors (Lipinski definition) is 0. The molecule has 0 aliphatic heterocycles. The fourth-order valence-electron chi connectivity index (χ4n) is 10.8. The molecule has 0 spiro atoms. The normalized spacial score (nSPS) is 37.7. The third-order valence-corrected chi connectivity index (χ3v) is 14.1. The van der Waals surface area contributed by atoms with Gasteiger partial charge in [-0.25, -0.2) is 0 Å². The van der Waals surface area contributed by atoms with Crippen LogP contribution < -0.4 is 0 Å². The molecule has 0 aromatic rings. The topological polar surface area (TPSA) is 0 Å². The summed E-state index contributed by atoms with van der Waals surface area (Å²) in [5.74, 6) is 9.43. The van der Waals surface area contributed by atoms with Gasteiger partial charge in [0.2, 0.25) is 0 Å². The number of rotatable bonds is 11. The first-order chi connectivity index (χ1) is 17.6. The molecule has 2 bridgehead atoms. The van der Waals surface area contributed by atoms with Crippen LogP contribution in [0.3, 0.4) is 0 Å². The van der Waals surface area contributed by atoms with Crippen molar-refractivity contribution >= 4 is 0 Å². The summed E-state index contributed by atoms with van der Waals surface area (Å²) in [4.78, 5) is 0. The lowest BCUT2D eigenvalue weighted by atomic mass is 9.54. The molecule has 4 fully saturated rings. The average Bonchev–Trinajstić information content (AvgIpc) is 3.11. The van der Waals surface area contributed by atoms with Crippen LogP contribution in [0.4, 0.5) is 0 Å². The van der Waals surface area contributed by atoms with Gasteiger partial charge in [-0.3, -0.25) is 0 Å². The second kappa shape index (κ2) is 13.6. The summed E-state index contributed by atoms with van der Waals surface area (Å²) in [6.07, 6.45) is 22.1. The van der Waals surface area contributed by atoms with Gasteiger partial charge in [0.05, 0.1) is 0 Å². The highest BCUT2D eigenvalue weighted by molar-refractivity contribution is 5.01. The van der Waals surface area contributed by atoms with E-state index in [2.05, 4.69) is 69.2 Å². The smallest absolute Gasteiger partial charge is 0.0295 e. The molecule has 4 aliphatic rings. The quantitative estimate of drug-likeness (QED) is 0.257. The van der Waals surface area contributed by atoms with Gasteiger partial charge >= 0.3 is 0 Å². The lowest BCUT2D eigenvalue weighted by molar-refractivity contribution is -0.0209. The lowest BCUT2D eigenvalue weighted by Gasteiger charge is -2.51. The molecule has 0 N–H and O–H groups in total. The van der Waals surface area contributed by atoms with Crippen molar-refractivity contribution in [2.24, 2.45) is 70.0 Å². The Balaban J connectivity index is 1.90. The van der Waals surface area contributed by atoms with Crippen LogP contribution in [0.2, 0.25) is 0 Å². The first-order valence-corrected chi connectivity index (χ1v) is 17.6. The molecule has 0 amide bonds. The van der Waals surface area contributed by atoms with Gasteiger partial charge in [0, 0.05) is 0 Å². The van der Waals surface area contributed by atoms with E-state index in [1.54, 1.807) is 19.3 Å². The molecule has 218 valence electrons. The molecule has 0 heterocycles. The molecule has 10 unspecified atom stereocenters. The summed E-state index contributed by atoms with van der Waals surface area (Å²) in [5, 5.41) is 0. The van der Waals surface area contributed by atoms with Crippen molar-refractivity contribution in [1.29, 1.82) is 0 Å². The molecule has 4 rings (SSSR count). The molecule has 0 aromatic heterocycles. The Morgan fingerprint density at radius 3 is 1.97 bits per heavy atom. The summed E-state index contributed by atoms with van der Waals surface area (Å²) >= 11 is 0. The predicted molar refractivity (Wildman–Crippen MR) is 166 cm³/mol. The van der Waals surface area contributed by atoms with E-state index in [0.717, 1.165) is 59.2 Å². The van der Waals surface area contributed by atoms with Crippen molar-refractivity contribution in [2.45, 2.75) is 166 Å². The zero-order chi connectivity index (χ0) is 27.4. The highest BCUT2D eigenvalue weighted by atomic mass is 14.6. The van der Waals surface area contributed by atoms with Crippen molar-refractivity contribution in [2.75, 3.05) is 0 Å². The van der Waals surface area contributed by atoms with E-state index in [0.29, 0.717) is 10.8 Å². The Labute approximate surface area is 235 Å². The van der Waals surface area contributed by atoms with Crippen molar-refractivity contribution in [3.8, 4) is 0 Å². The first kappa shape index (κ1) is 31.5. The summed E-state index contributed by atoms with van der Waals surface area (Å²) in [7, 11) is 0. The minimum atomic E-state index is 0.413. The minimum Gasteiger partial charge on any atom is -0.0651 e. The largest absolute Gasteiger partial charge is 0.0651 e. The predicted octanol–water partition coefficient (Wildman–Crippen LogP) is 12.2. The number of fused-ring (bicyclic) bond motifs is 5. The second-order valence-electron chi connectivity index (χ2n) is 15.7.